The van der Waals surface area contributed by atoms with Crippen LogP contribution in [0.15, 0.2) is 11.4 Å². The Bertz CT molecular complexity index is 345. The SMILES string of the molecule is Cc1cc(C(=O)C2CCCC2N)cs1. The first-order valence-electron chi connectivity index (χ1n) is 5.03. The summed E-state index contributed by atoms with van der Waals surface area (Å²) in [4.78, 5) is 13.2. The molecule has 2 nitrogen and oxygen atoms in total. The first-order chi connectivity index (χ1) is 6.68. The number of aryl methyl sites for hydroxylation is 1. The second-order valence-corrected chi connectivity index (χ2v) is 5.13. The van der Waals surface area contributed by atoms with E-state index in [2.05, 4.69) is 0 Å². The number of ketones is 1. The van der Waals surface area contributed by atoms with Crippen molar-refractivity contribution in [1.29, 1.82) is 0 Å². The predicted molar refractivity (Wildman–Crippen MR) is 58.7 cm³/mol. The average molecular weight is 209 g/mol. The number of hydrogen-bond donors (Lipinski definition) is 1. The van der Waals surface area contributed by atoms with Crippen LogP contribution in [-0.2, 0) is 0 Å². The number of carbonyl (C=O) groups is 1. The Morgan fingerprint density at radius 3 is 2.86 bits per heavy atom. The van der Waals surface area contributed by atoms with Crippen LogP contribution < -0.4 is 5.73 Å². The van der Waals surface area contributed by atoms with Gasteiger partial charge >= 0.3 is 0 Å². The van der Waals surface area contributed by atoms with Crippen LogP contribution in [0.1, 0.15) is 34.5 Å². The summed E-state index contributed by atoms with van der Waals surface area (Å²) in [5.41, 5.74) is 6.76. The molecule has 1 aromatic heterocycles. The van der Waals surface area contributed by atoms with Gasteiger partial charge in [0.25, 0.3) is 0 Å². The van der Waals surface area contributed by atoms with Crippen molar-refractivity contribution in [2.24, 2.45) is 11.7 Å². The first-order valence-corrected chi connectivity index (χ1v) is 5.91. The number of rotatable bonds is 2. The van der Waals surface area contributed by atoms with Gasteiger partial charge < -0.3 is 5.73 Å². The minimum absolute atomic E-state index is 0.0731. The van der Waals surface area contributed by atoms with E-state index < -0.39 is 0 Å². The van der Waals surface area contributed by atoms with Gasteiger partial charge in [0, 0.05) is 27.8 Å². The maximum absolute atomic E-state index is 12.0. The van der Waals surface area contributed by atoms with Crippen LogP contribution in [0.5, 0.6) is 0 Å². The standard InChI is InChI=1S/C11H15NOS/c1-7-5-8(6-14-7)11(13)9-3-2-4-10(9)12/h5-6,9-10H,2-4,12H2,1H3. The fourth-order valence-corrected chi connectivity index (χ4v) is 2.79. The third-order valence-corrected chi connectivity index (χ3v) is 3.78. The minimum atomic E-state index is 0.0731. The highest BCUT2D eigenvalue weighted by molar-refractivity contribution is 7.10. The van der Waals surface area contributed by atoms with Crippen molar-refractivity contribution in [3.05, 3.63) is 21.9 Å². The number of nitrogens with two attached hydrogens (primary N) is 1. The second kappa shape index (κ2) is 3.83. The minimum Gasteiger partial charge on any atom is -0.327 e. The van der Waals surface area contributed by atoms with E-state index in [0.717, 1.165) is 24.8 Å². The summed E-state index contributed by atoms with van der Waals surface area (Å²) < 4.78 is 0. The molecule has 0 aromatic carbocycles. The quantitative estimate of drug-likeness (QED) is 0.760. The van der Waals surface area contributed by atoms with Gasteiger partial charge in [0.05, 0.1) is 0 Å². The first kappa shape index (κ1) is 9.87. The maximum Gasteiger partial charge on any atom is 0.168 e. The second-order valence-electron chi connectivity index (χ2n) is 4.01. The molecule has 0 radical (unpaired) electrons. The lowest BCUT2D eigenvalue weighted by Crippen LogP contribution is -2.30. The largest absolute Gasteiger partial charge is 0.327 e. The molecule has 0 spiro atoms. The van der Waals surface area contributed by atoms with Crippen molar-refractivity contribution in [3.63, 3.8) is 0 Å². The molecule has 1 aliphatic rings. The molecule has 1 aliphatic carbocycles. The zero-order chi connectivity index (χ0) is 10.1. The molecule has 0 aliphatic heterocycles. The molecule has 2 N–H and O–H groups in total. The van der Waals surface area contributed by atoms with Gasteiger partial charge in [0.1, 0.15) is 0 Å². The predicted octanol–water partition coefficient (Wildman–Crippen LogP) is 2.37. The lowest BCUT2D eigenvalue weighted by Gasteiger charge is -2.12. The molecule has 14 heavy (non-hydrogen) atoms. The number of hydrogen-bond acceptors (Lipinski definition) is 3. The van der Waals surface area contributed by atoms with Crippen LogP contribution in [0.4, 0.5) is 0 Å². The van der Waals surface area contributed by atoms with Crippen LogP contribution in [0.25, 0.3) is 0 Å². The molecule has 3 heteroatoms. The van der Waals surface area contributed by atoms with Gasteiger partial charge in [-0.15, -0.1) is 11.3 Å². The molecule has 0 saturated heterocycles. The van der Waals surface area contributed by atoms with Gasteiger partial charge in [-0.1, -0.05) is 6.42 Å². The third-order valence-electron chi connectivity index (χ3n) is 2.92. The molecule has 2 unspecified atom stereocenters. The molecule has 1 aromatic rings. The van der Waals surface area contributed by atoms with E-state index in [1.54, 1.807) is 11.3 Å². The molecule has 0 amide bonds. The van der Waals surface area contributed by atoms with E-state index in [4.69, 9.17) is 5.73 Å². The Morgan fingerprint density at radius 2 is 2.36 bits per heavy atom. The van der Waals surface area contributed by atoms with E-state index in [1.165, 1.54) is 4.88 Å². The average Bonchev–Trinajstić information content (AvgIpc) is 2.73. The summed E-state index contributed by atoms with van der Waals surface area (Å²) in [5, 5.41) is 1.95. The van der Waals surface area contributed by atoms with Crippen LogP contribution in [0.2, 0.25) is 0 Å². The molecule has 1 fully saturated rings. The Kier molecular flexibility index (Phi) is 2.70. The van der Waals surface area contributed by atoms with Crippen LogP contribution in [-0.4, -0.2) is 11.8 Å². The molecule has 2 atom stereocenters. The molecule has 76 valence electrons. The molecule has 1 heterocycles. The molecular formula is C11H15NOS. The summed E-state index contributed by atoms with van der Waals surface area (Å²) in [6, 6.07) is 2.06. The van der Waals surface area contributed by atoms with Crippen molar-refractivity contribution in [3.8, 4) is 0 Å². The highest BCUT2D eigenvalue weighted by Crippen LogP contribution is 2.28. The lowest BCUT2D eigenvalue weighted by molar-refractivity contribution is 0.0914. The summed E-state index contributed by atoms with van der Waals surface area (Å²) in [5.74, 6) is 0.323. The van der Waals surface area contributed by atoms with Gasteiger partial charge in [0.2, 0.25) is 0 Å². The van der Waals surface area contributed by atoms with Crippen molar-refractivity contribution < 1.29 is 4.79 Å². The Labute approximate surface area is 88.1 Å². The fourth-order valence-electron chi connectivity index (χ4n) is 2.10. The van der Waals surface area contributed by atoms with Gasteiger partial charge in [-0.05, 0) is 25.8 Å². The van der Waals surface area contributed by atoms with E-state index in [9.17, 15) is 4.79 Å². The highest BCUT2D eigenvalue weighted by Gasteiger charge is 2.30. The summed E-state index contributed by atoms with van der Waals surface area (Å²) in [7, 11) is 0. The van der Waals surface area contributed by atoms with Gasteiger partial charge in [-0.3, -0.25) is 4.79 Å². The van der Waals surface area contributed by atoms with E-state index in [1.807, 2.05) is 18.4 Å². The Hall–Kier alpha value is -0.670. The molecule has 1 saturated carbocycles. The number of Topliss-reactive ketones (excluding diaryl/α,β-unsaturated/α-hetero) is 1. The van der Waals surface area contributed by atoms with Crippen molar-refractivity contribution in [2.45, 2.75) is 32.2 Å². The normalized spacial score (nSPS) is 26.7. The zero-order valence-corrected chi connectivity index (χ0v) is 9.14. The summed E-state index contributed by atoms with van der Waals surface area (Å²) in [6.07, 6.45) is 3.06. The third kappa shape index (κ3) is 1.74. The van der Waals surface area contributed by atoms with Crippen LogP contribution in [0.3, 0.4) is 0 Å². The fraction of sp³-hybridized carbons (Fsp3) is 0.545. The van der Waals surface area contributed by atoms with Gasteiger partial charge in [-0.25, -0.2) is 0 Å². The monoisotopic (exact) mass is 209 g/mol. The molecule has 2 rings (SSSR count). The maximum atomic E-state index is 12.0. The van der Waals surface area contributed by atoms with Crippen molar-refractivity contribution >= 4 is 17.1 Å². The van der Waals surface area contributed by atoms with E-state index in [0.29, 0.717) is 0 Å². The zero-order valence-electron chi connectivity index (χ0n) is 8.32. The van der Waals surface area contributed by atoms with Crippen LogP contribution in [0, 0.1) is 12.8 Å². The van der Waals surface area contributed by atoms with Crippen LogP contribution >= 0.6 is 11.3 Å². The van der Waals surface area contributed by atoms with E-state index >= 15 is 0 Å². The lowest BCUT2D eigenvalue weighted by atomic mass is 9.95. The number of thiophene rings is 1. The Morgan fingerprint density at radius 1 is 1.57 bits per heavy atom. The Balaban J connectivity index is 2.15. The van der Waals surface area contributed by atoms with Gasteiger partial charge in [-0.2, -0.15) is 0 Å². The molecular weight excluding hydrogens is 194 g/mol. The summed E-state index contributed by atoms with van der Waals surface area (Å²) in [6.45, 7) is 2.02. The highest BCUT2D eigenvalue weighted by atomic mass is 32.1. The topological polar surface area (TPSA) is 43.1 Å². The van der Waals surface area contributed by atoms with Crippen molar-refractivity contribution in [2.75, 3.05) is 0 Å². The molecule has 0 bridgehead atoms. The van der Waals surface area contributed by atoms with Gasteiger partial charge in [0.15, 0.2) is 5.78 Å². The van der Waals surface area contributed by atoms with Crippen molar-refractivity contribution in [1.82, 2.24) is 0 Å². The smallest absolute Gasteiger partial charge is 0.168 e. The van der Waals surface area contributed by atoms with E-state index in [-0.39, 0.29) is 17.7 Å². The summed E-state index contributed by atoms with van der Waals surface area (Å²) >= 11 is 1.63. The number of carbonyl (C=O) groups excluding carboxylic acids is 1.